The second kappa shape index (κ2) is 9.33. The average Bonchev–Trinajstić information content (AvgIpc) is 3.18. The summed E-state index contributed by atoms with van der Waals surface area (Å²) in [5.74, 6) is 1.18. The summed E-state index contributed by atoms with van der Waals surface area (Å²) in [5.41, 5.74) is 2.57. The molecule has 0 saturated heterocycles. The molecule has 1 N–H and O–H groups in total. The number of rotatable bonds is 9. The topological polar surface area (TPSA) is 83.1 Å². The van der Waals surface area contributed by atoms with Crippen LogP contribution in [0.15, 0.2) is 30.3 Å². The number of carbonyl (C=O) groups excluding carboxylic acids is 2. The standard InChI is InChI=1S/C26H31NO6/c1-5-16(2)33-25(29)26(12-7-13-26)15-32-22-18(10-11-21(30-3)23(22)31-4)17-8-6-9-19-20(17)14-27-24(19)28/h6,8-11,16H,5,7,12-15H2,1-4H3,(H,27,28)/t16-/m0/s1. The Bertz CT molecular complexity index is 1060. The van der Waals surface area contributed by atoms with Gasteiger partial charge in [0.15, 0.2) is 11.5 Å². The van der Waals surface area contributed by atoms with Gasteiger partial charge in [0.1, 0.15) is 12.0 Å². The molecule has 0 unspecified atom stereocenters. The molecule has 176 valence electrons. The monoisotopic (exact) mass is 453 g/mol. The van der Waals surface area contributed by atoms with Gasteiger partial charge < -0.3 is 24.3 Å². The molecular weight excluding hydrogens is 422 g/mol. The van der Waals surface area contributed by atoms with Crippen molar-refractivity contribution >= 4 is 11.9 Å². The second-order valence-corrected chi connectivity index (χ2v) is 8.74. The fourth-order valence-electron chi connectivity index (χ4n) is 4.37. The lowest BCUT2D eigenvalue weighted by Crippen LogP contribution is -2.45. The van der Waals surface area contributed by atoms with Crippen molar-refractivity contribution in [3.8, 4) is 28.4 Å². The van der Waals surface area contributed by atoms with Crippen molar-refractivity contribution in [3.63, 3.8) is 0 Å². The van der Waals surface area contributed by atoms with Crippen molar-refractivity contribution < 1.29 is 28.5 Å². The van der Waals surface area contributed by atoms with Gasteiger partial charge in [-0.3, -0.25) is 9.59 Å². The minimum absolute atomic E-state index is 0.0870. The molecule has 1 aliphatic heterocycles. The van der Waals surface area contributed by atoms with Crippen LogP contribution in [-0.2, 0) is 16.1 Å². The van der Waals surface area contributed by atoms with E-state index < -0.39 is 5.41 Å². The Labute approximate surface area is 194 Å². The van der Waals surface area contributed by atoms with Crippen LogP contribution in [0.4, 0.5) is 0 Å². The molecule has 1 saturated carbocycles. The summed E-state index contributed by atoms with van der Waals surface area (Å²) in [4.78, 5) is 25.2. The van der Waals surface area contributed by atoms with E-state index in [1.807, 2.05) is 44.2 Å². The molecule has 0 bridgehead atoms. The van der Waals surface area contributed by atoms with E-state index >= 15 is 0 Å². The summed E-state index contributed by atoms with van der Waals surface area (Å²) in [6, 6.07) is 9.36. The van der Waals surface area contributed by atoms with Crippen LogP contribution in [0.25, 0.3) is 11.1 Å². The molecule has 2 aromatic carbocycles. The maximum atomic E-state index is 13.0. The van der Waals surface area contributed by atoms with Gasteiger partial charge in [0.05, 0.1) is 20.3 Å². The molecule has 1 fully saturated rings. The normalized spacial score (nSPS) is 16.8. The fraction of sp³-hybridized carbons (Fsp3) is 0.462. The number of amides is 1. The predicted octanol–water partition coefficient (Wildman–Crippen LogP) is 4.51. The SMILES string of the molecule is CC[C@H](C)OC(=O)C1(COc2c(-c3cccc4c3CNC4=O)ccc(OC)c2OC)CCC1. The predicted molar refractivity (Wildman–Crippen MR) is 124 cm³/mol. The first-order chi connectivity index (χ1) is 15.9. The zero-order valence-corrected chi connectivity index (χ0v) is 19.7. The molecule has 1 atom stereocenters. The Balaban J connectivity index is 1.72. The van der Waals surface area contributed by atoms with Gasteiger partial charge in [-0.15, -0.1) is 0 Å². The Morgan fingerprint density at radius 2 is 1.82 bits per heavy atom. The van der Waals surface area contributed by atoms with E-state index in [1.54, 1.807) is 14.2 Å². The number of hydrogen-bond donors (Lipinski definition) is 1. The van der Waals surface area contributed by atoms with Crippen LogP contribution >= 0.6 is 0 Å². The number of methoxy groups -OCH3 is 2. The lowest BCUT2D eigenvalue weighted by molar-refractivity contribution is -0.169. The highest BCUT2D eigenvalue weighted by atomic mass is 16.6. The summed E-state index contributed by atoms with van der Waals surface area (Å²) in [6.07, 6.45) is 3.05. The van der Waals surface area contributed by atoms with Crippen LogP contribution in [0, 0.1) is 5.41 Å². The van der Waals surface area contributed by atoms with Crippen LogP contribution in [-0.4, -0.2) is 38.8 Å². The van der Waals surface area contributed by atoms with Crippen molar-refractivity contribution in [3.05, 3.63) is 41.5 Å². The molecular formula is C26H31NO6. The van der Waals surface area contributed by atoms with E-state index in [4.69, 9.17) is 18.9 Å². The number of hydrogen-bond acceptors (Lipinski definition) is 6. The van der Waals surface area contributed by atoms with Gasteiger partial charge >= 0.3 is 5.97 Å². The van der Waals surface area contributed by atoms with E-state index in [0.29, 0.717) is 29.4 Å². The van der Waals surface area contributed by atoms with Crippen molar-refractivity contribution in [2.75, 3.05) is 20.8 Å². The molecule has 7 nitrogen and oxygen atoms in total. The van der Waals surface area contributed by atoms with Gasteiger partial charge in [-0.25, -0.2) is 0 Å². The van der Waals surface area contributed by atoms with E-state index in [9.17, 15) is 9.59 Å². The van der Waals surface area contributed by atoms with Crippen molar-refractivity contribution in [1.29, 1.82) is 0 Å². The van der Waals surface area contributed by atoms with Crippen molar-refractivity contribution in [2.45, 2.75) is 52.2 Å². The van der Waals surface area contributed by atoms with Gasteiger partial charge in [-0.2, -0.15) is 0 Å². The molecule has 4 rings (SSSR count). The fourth-order valence-corrected chi connectivity index (χ4v) is 4.37. The molecule has 0 radical (unpaired) electrons. The Kier molecular flexibility index (Phi) is 6.49. The van der Waals surface area contributed by atoms with Crippen LogP contribution in [0.3, 0.4) is 0 Å². The summed E-state index contributed by atoms with van der Waals surface area (Å²) < 4.78 is 23.2. The Hall–Kier alpha value is -3.22. The molecule has 0 aromatic heterocycles. The second-order valence-electron chi connectivity index (χ2n) is 8.74. The summed E-state index contributed by atoms with van der Waals surface area (Å²) in [5, 5.41) is 2.88. The first kappa shape index (κ1) is 23.0. The lowest BCUT2D eigenvalue weighted by Gasteiger charge is -2.39. The molecule has 2 aromatic rings. The summed E-state index contributed by atoms with van der Waals surface area (Å²) in [6.45, 7) is 4.53. The quantitative estimate of drug-likeness (QED) is 0.563. The van der Waals surface area contributed by atoms with E-state index in [2.05, 4.69) is 5.32 Å². The zero-order chi connectivity index (χ0) is 23.6. The molecule has 1 aliphatic carbocycles. The smallest absolute Gasteiger partial charge is 0.315 e. The zero-order valence-electron chi connectivity index (χ0n) is 19.7. The Morgan fingerprint density at radius 1 is 1.06 bits per heavy atom. The number of benzene rings is 2. The minimum atomic E-state index is -0.662. The number of ether oxygens (including phenoxy) is 4. The molecule has 33 heavy (non-hydrogen) atoms. The van der Waals surface area contributed by atoms with Gasteiger partial charge in [-0.1, -0.05) is 25.5 Å². The summed E-state index contributed by atoms with van der Waals surface area (Å²) >= 11 is 0. The van der Waals surface area contributed by atoms with Crippen LogP contribution in [0.2, 0.25) is 0 Å². The van der Waals surface area contributed by atoms with E-state index in [1.165, 1.54) is 0 Å². The maximum Gasteiger partial charge on any atom is 0.315 e. The molecule has 1 amide bonds. The number of fused-ring (bicyclic) bond motifs is 1. The number of carbonyl (C=O) groups is 2. The van der Waals surface area contributed by atoms with Gasteiger partial charge in [-0.05, 0) is 55.5 Å². The highest BCUT2D eigenvalue weighted by Crippen LogP contribution is 2.48. The lowest BCUT2D eigenvalue weighted by atomic mass is 9.69. The summed E-state index contributed by atoms with van der Waals surface area (Å²) in [7, 11) is 3.13. The van der Waals surface area contributed by atoms with Gasteiger partial charge in [0, 0.05) is 17.7 Å². The van der Waals surface area contributed by atoms with Crippen LogP contribution in [0.1, 0.15) is 55.5 Å². The minimum Gasteiger partial charge on any atom is -0.493 e. The van der Waals surface area contributed by atoms with Gasteiger partial charge in [0.25, 0.3) is 5.91 Å². The highest BCUT2D eigenvalue weighted by Gasteiger charge is 2.47. The third-order valence-electron chi connectivity index (χ3n) is 6.76. The maximum absolute atomic E-state index is 13.0. The van der Waals surface area contributed by atoms with Crippen molar-refractivity contribution in [2.24, 2.45) is 5.41 Å². The largest absolute Gasteiger partial charge is 0.493 e. The van der Waals surface area contributed by atoms with E-state index in [-0.39, 0.29) is 24.6 Å². The number of nitrogens with one attached hydrogen (secondary N) is 1. The molecule has 0 spiro atoms. The molecule has 2 aliphatic rings. The average molecular weight is 454 g/mol. The third kappa shape index (κ3) is 4.12. The molecule has 1 heterocycles. The number of esters is 1. The van der Waals surface area contributed by atoms with Gasteiger partial charge in [0.2, 0.25) is 5.75 Å². The molecule has 7 heteroatoms. The first-order valence-electron chi connectivity index (χ1n) is 11.4. The Morgan fingerprint density at radius 3 is 2.45 bits per heavy atom. The van der Waals surface area contributed by atoms with E-state index in [0.717, 1.165) is 42.4 Å². The highest BCUT2D eigenvalue weighted by molar-refractivity contribution is 6.01. The first-order valence-corrected chi connectivity index (χ1v) is 11.4. The van der Waals surface area contributed by atoms with Crippen LogP contribution in [0.5, 0.6) is 17.2 Å². The third-order valence-corrected chi connectivity index (χ3v) is 6.76. The van der Waals surface area contributed by atoms with Crippen molar-refractivity contribution in [1.82, 2.24) is 5.32 Å². The van der Waals surface area contributed by atoms with Crippen LogP contribution < -0.4 is 19.5 Å².